The summed E-state index contributed by atoms with van der Waals surface area (Å²) in [6.07, 6.45) is 0. The number of anilines is 4. The number of sulfonamides is 2. The topological polar surface area (TPSA) is 144 Å². The molecular weight excluding hydrogens is 496 g/mol. The Morgan fingerprint density at radius 3 is 1.03 bits per heavy atom. The lowest BCUT2D eigenvalue weighted by molar-refractivity contribution is 0.599. The molecule has 0 aromatic heterocycles. The average Bonchev–Trinajstić information content (AvgIpc) is 2.83. The molecule has 0 aliphatic rings. The normalized spacial score (nSPS) is 11.2. The Bertz CT molecular complexity index is 1380. The summed E-state index contributed by atoms with van der Waals surface area (Å²) in [7, 11) is -7.07. The largest absolute Gasteiger partial charge is 0.399 e. The van der Waals surface area contributed by atoms with Crippen LogP contribution in [0.15, 0.2) is 107 Å². The lowest BCUT2D eigenvalue weighted by atomic mass is 10.2. The van der Waals surface area contributed by atoms with E-state index in [1.54, 1.807) is 97.1 Å². The summed E-state index contributed by atoms with van der Waals surface area (Å²) in [5, 5.41) is 0. The predicted molar refractivity (Wildman–Crippen MR) is 146 cm³/mol. The van der Waals surface area contributed by atoms with Gasteiger partial charge in [-0.25, -0.2) is 16.8 Å². The second-order valence-corrected chi connectivity index (χ2v) is 11.4. The van der Waals surface area contributed by atoms with Crippen LogP contribution in [0.5, 0.6) is 0 Å². The highest BCUT2D eigenvalue weighted by molar-refractivity contribution is 7.93. The average molecular weight is 525 g/mol. The van der Waals surface area contributed by atoms with Crippen molar-refractivity contribution in [2.45, 2.75) is 23.6 Å². The maximum atomic E-state index is 12.1. The predicted octanol–water partition coefficient (Wildman–Crippen LogP) is 4.76. The molecule has 0 saturated heterocycles. The molecule has 36 heavy (non-hydrogen) atoms. The fraction of sp³-hybridized carbons (Fsp3) is 0.0769. The van der Waals surface area contributed by atoms with Crippen molar-refractivity contribution in [2.75, 3.05) is 20.9 Å². The number of benzene rings is 4. The molecule has 0 fully saturated rings. The first-order valence-electron chi connectivity index (χ1n) is 10.8. The van der Waals surface area contributed by atoms with Crippen LogP contribution in [0.3, 0.4) is 0 Å². The van der Waals surface area contributed by atoms with Crippen molar-refractivity contribution < 1.29 is 16.8 Å². The van der Waals surface area contributed by atoms with Gasteiger partial charge in [-0.2, -0.15) is 0 Å². The van der Waals surface area contributed by atoms with Gasteiger partial charge in [0.2, 0.25) is 0 Å². The Balaban J connectivity index is 0.000000201. The first-order chi connectivity index (χ1) is 16.9. The second kappa shape index (κ2) is 11.1. The molecule has 0 heterocycles. The van der Waals surface area contributed by atoms with Gasteiger partial charge in [-0.05, 0) is 86.6 Å². The molecule has 0 saturated carbocycles. The van der Waals surface area contributed by atoms with E-state index in [9.17, 15) is 16.8 Å². The Labute approximate surface area is 212 Å². The van der Waals surface area contributed by atoms with Crippen molar-refractivity contribution in [1.82, 2.24) is 0 Å². The van der Waals surface area contributed by atoms with Gasteiger partial charge in [-0.3, -0.25) is 9.44 Å². The fourth-order valence-corrected chi connectivity index (χ4v) is 5.08. The molecule has 4 aromatic rings. The first kappa shape index (κ1) is 26.6. The molecule has 4 aromatic carbocycles. The molecule has 6 N–H and O–H groups in total. The number of hydrogen-bond acceptors (Lipinski definition) is 6. The molecule has 0 radical (unpaired) electrons. The van der Waals surface area contributed by atoms with Crippen LogP contribution in [0.25, 0.3) is 0 Å². The van der Waals surface area contributed by atoms with Gasteiger partial charge in [0.05, 0.1) is 9.79 Å². The Kier molecular flexibility index (Phi) is 8.23. The van der Waals surface area contributed by atoms with Crippen molar-refractivity contribution in [3.8, 4) is 0 Å². The quantitative estimate of drug-likeness (QED) is 0.268. The van der Waals surface area contributed by atoms with Gasteiger partial charge in [0.25, 0.3) is 20.0 Å². The molecule has 0 unspecified atom stereocenters. The number of nitrogens with two attached hydrogens (primary N) is 2. The molecule has 10 heteroatoms. The number of hydrogen-bond donors (Lipinski definition) is 4. The van der Waals surface area contributed by atoms with E-state index >= 15 is 0 Å². The third kappa shape index (κ3) is 7.49. The molecule has 0 amide bonds. The van der Waals surface area contributed by atoms with Gasteiger partial charge < -0.3 is 11.5 Å². The molecule has 8 nitrogen and oxygen atoms in total. The minimum absolute atomic E-state index is 0.241. The molecule has 0 aliphatic heterocycles. The lowest BCUT2D eigenvalue weighted by Gasteiger charge is -2.08. The summed E-state index contributed by atoms with van der Waals surface area (Å²) in [5.41, 5.74) is 15.3. The monoisotopic (exact) mass is 524 g/mol. The van der Waals surface area contributed by atoms with E-state index in [2.05, 4.69) is 9.44 Å². The van der Waals surface area contributed by atoms with Crippen molar-refractivity contribution >= 4 is 42.8 Å². The van der Waals surface area contributed by atoms with Crippen LogP contribution in [-0.2, 0) is 20.0 Å². The highest BCUT2D eigenvalue weighted by Crippen LogP contribution is 2.18. The molecule has 0 aliphatic carbocycles. The summed E-state index contributed by atoms with van der Waals surface area (Å²) < 4.78 is 53.2. The van der Waals surface area contributed by atoms with Crippen LogP contribution in [0.2, 0.25) is 0 Å². The van der Waals surface area contributed by atoms with Crippen molar-refractivity contribution in [3.63, 3.8) is 0 Å². The Morgan fingerprint density at radius 1 is 0.472 bits per heavy atom. The van der Waals surface area contributed by atoms with E-state index in [-0.39, 0.29) is 9.79 Å². The summed E-state index contributed by atoms with van der Waals surface area (Å²) in [6, 6.07) is 26.4. The van der Waals surface area contributed by atoms with Crippen molar-refractivity contribution in [3.05, 3.63) is 108 Å². The Morgan fingerprint density at radius 2 is 0.750 bits per heavy atom. The third-order valence-corrected chi connectivity index (χ3v) is 7.78. The lowest BCUT2D eigenvalue weighted by Crippen LogP contribution is -2.12. The van der Waals surface area contributed by atoms with Crippen LogP contribution in [0.1, 0.15) is 11.1 Å². The number of nitrogen functional groups attached to an aromatic ring is 2. The number of rotatable bonds is 6. The molecule has 188 valence electrons. The van der Waals surface area contributed by atoms with Crippen LogP contribution in [-0.4, -0.2) is 16.8 Å². The van der Waals surface area contributed by atoms with Gasteiger partial charge in [0.15, 0.2) is 0 Å². The van der Waals surface area contributed by atoms with Crippen molar-refractivity contribution in [1.29, 1.82) is 0 Å². The SMILES string of the molecule is Cc1ccc(S(=O)(=O)Nc2ccc(N)cc2)cc1.Cc1ccc(S(=O)(=O)Nc2ccc(N)cc2)cc1. The Hall–Kier alpha value is -4.02. The highest BCUT2D eigenvalue weighted by atomic mass is 32.2. The molecule has 0 bridgehead atoms. The smallest absolute Gasteiger partial charge is 0.261 e. The minimum atomic E-state index is -3.53. The summed E-state index contributed by atoms with van der Waals surface area (Å²) >= 11 is 0. The summed E-state index contributed by atoms with van der Waals surface area (Å²) in [5.74, 6) is 0. The molecule has 4 rings (SSSR count). The summed E-state index contributed by atoms with van der Waals surface area (Å²) in [4.78, 5) is 0.481. The van der Waals surface area contributed by atoms with Crippen molar-refractivity contribution in [2.24, 2.45) is 0 Å². The van der Waals surface area contributed by atoms with E-state index in [0.717, 1.165) is 11.1 Å². The standard InChI is InChI=1S/2C13H14N2O2S/c2*1-10-2-8-13(9-3-10)18(16,17)15-12-6-4-11(14)5-7-12/h2*2-9,15H,14H2,1H3. The number of aryl methyl sites for hydroxylation is 2. The van der Waals surface area contributed by atoms with Crippen LogP contribution >= 0.6 is 0 Å². The van der Waals surface area contributed by atoms with Gasteiger partial charge in [0, 0.05) is 22.7 Å². The van der Waals surface area contributed by atoms with E-state index in [1.165, 1.54) is 0 Å². The molecule has 0 atom stereocenters. The van der Waals surface area contributed by atoms with E-state index in [4.69, 9.17) is 11.5 Å². The molecular formula is C26H28N4O4S2. The van der Waals surface area contributed by atoms with E-state index < -0.39 is 20.0 Å². The van der Waals surface area contributed by atoms with Gasteiger partial charge >= 0.3 is 0 Å². The molecule has 0 spiro atoms. The zero-order chi connectivity index (χ0) is 26.3. The van der Waals surface area contributed by atoms with Crippen LogP contribution < -0.4 is 20.9 Å². The zero-order valence-electron chi connectivity index (χ0n) is 19.8. The van der Waals surface area contributed by atoms with Gasteiger partial charge in [-0.1, -0.05) is 35.4 Å². The van der Waals surface area contributed by atoms with Crippen LogP contribution in [0.4, 0.5) is 22.7 Å². The van der Waals surface area contributed by atoms with E-state index in [1.807, 2.05) is 13.8 Å². The van der Waals surface area contributed by atoms with E-state index in [0.29, 0.717) is 22.7 Å². The number of nitrogens with one attached hydrogen (secondary N) is 2. The zero-order valence-corrected chi connectivity index (χ0v) is 21.5. The van der Waals surface area contributed by atoms with Gasteiger partial charge in [0.1, 0.15) is 0 Å². The minimum Gasteiger partial charge on any atom is -0.399 e. The van der Waals surface area contributed by atoms with Gasteiger partial charge in [-0.15, -0.1) is 0 Å². The second-order valence-electron chi connectivity index (χ2n) is 8.08. The fourth-order valence-electron chi connectivity index (χ4n) is 2.97. The highest BCUT2D eigenvalue weighted by Gasteiger charge is 2.14. The summed E-state index contributed by atoms with van der Waals surface area (Å²) in [6.45, 7) is 3.81. The maximum absolute atomic E-state index is 12.1. The maximum Gasteiger partial charge on any atom is 0.261 e. The third-order valence-electron chi connectivity index (χ3n) is 4.99. The first-order valence-corrected chi connectivity index (χ1v) is 13.8. The van der Waals surface area contributed by atoms with Crippen LogP contribution in [0, 0.1) is 13.8 Å².